The summed E-state index contributed by atoms with van der Waals surface area (Å²) in [6.45, 7) is 1.08. The number of amides is 2. The average Bonchev–Trinajstić information content (AvgIpc) is 3.40. The summed E-state index contributed by atoms with van der Waals surface area (Å²) in [6.07, 6.45) is 5.04. The number of halogens is 1. The van der Waals surface area contributed by atoms with Crippen molar-refractivity contribution in [2.75, 3.05) is 18.4 Å². The summed E-state index contributed by atoms with van der Waals surface area (Å²) in [4.78, 5) is 14.5. The van der Waals surface area contributed by atoms with Gasteiger partial charge in [-0.3, -0.25) is 9.58 Å². The van der Waals surface area contributed by atoms with Crippen LogP contribution in [-0.4, -0.2) is 48.4 Å². The van der Waals surface area contributed by atoms with Crippen LogP contribution in [0.3, 0.4) is 0 Å². The second kappa shape index (κ2) is 7.59. The molecule has 5 rings (SSSR count). The molecule has 0 atom stereocenters. The van der Waals surface area contributed by atoms with Crippen LogP contribution in [0.4, 0.5) is 14.9 Å². The molecule has 1 aromatic carbocycles. The molecule has 1 fully saturated rings. The van der Waals surface area contributed by atoms with Gasteiger partial charge in [0, 0.05) is 41.3 Å². The molecule has 2 aromatic rings. The number of urea groups is 1. The molecular formula is C21H30FN5O3S. The lowest BCUT2D eigenvalue weighted by atomic mass is 9.99. The van der Waals surface area contributed by atoms with Crippen LogP contribution in [0.15, 0.2) is 17.2 Å². The van der Waals surface area contributed by atoms with Gasteiger partial charge in [-0.15, -0.1) is 0 Å². The quantitative estimate of drug-likeness (QED) is 0.728. The fraction of sp³-hybridized carbons (Fsp3) is 0.524. The molecule has 0 bridgehead atoms. The third kappa shape index (κ3) is 3.82. The van der Waals surface area contributed by atoms with E-state index in [1.807, 2.05) is 4.90 Å². The zero-order valence-electron chi connectivity index (χ0n) is 17.4. The molecule has 3 aliphatic rings. The summed E-state index contributed by atoms with van der Waals surface area (Å²) < 4.78 is 42.1. The Morgan fingerprint density at radius 2 is 1.81 bits per heavy atom. The van der Waals surface area contributed by atoms with Crippen LogP contribution < -0.4 is 10.0 Å². The highest BCUT2D eigenvalue weighted by atomic mass is 32.2. The first-order chi connectivity index (χ1) is 14.8. The minimum atomic E-state index is -4.13. The summed E-state index contributed by atoms with van der Waals surface area (Å²) in [6, 6.07) is 2.91. The van der Waals surface area contributed by atoms with E-state index >= 15 is 0 Å². The predicted octanol–water partition coefficient (Wildman–Crippen LogP) is 2.55. The van der Waals surface area contributed by atoms with Crippen LogP contribution >= 0.6 is 0 Å². The van der Waals surface area contributed by atoms with E-state index in [2.05, 4.69) is 21.2 Å². The van der Waals surface area contributed by atoms with E-state index in [1.54, 1.807) is 7.05 Å². The number of rotatable bonds is 5. The lowest BCUT2D eigenvalue weighted by molar-refractivity contribution is 0.0570. The molecule has 2 aliphatic carbocycles. The van der Waals surface area contributed by atoms with Gasteiger partial charge >= 0.3 is 6.03 Å². The first kappa shape index (κ1) is 20.4. The zero-order chi connectivity index (χ0) is 21.8. The highest BCUT2D eigenvalue weighted by Crippen LogP contribution is 2.38. The number of sulfonamides is 1. The molecule has 2 amide bonds. The van der Waals surface area contributed by atoms with Gasteiger partial charge in [-0.1, -0.05) is 6.07 Å². The van der Waals surface area contributed by atoms with Crippen molar-refractivity contribution >= 4 is 21.7 Å². The Hall–Kier alpha value is -2.46. The minimum absolute atomic E-state index is 0. The van der Waals surface area contributed by atoms with Crippen molar-refractivity contribution in [3.8, 4) is 0 Å². The molecular weight excluding hydrogens is 421 g/mol. The van der Waals surface area contributed by atoms with Gasteiger partial charge in [-0.25, -0.2) is 13.9 Å². The van der Waals surface area contributed by atoms with Gasteiger partial charge in [-0.05, 0) is 60.8 Å². The number of nitrogens with one attached hydrogen (secondary N) is 2. The number of hydrogen-bond donors (Lipinski definition) is 2. The maximum atomic E-state index is 13.0. The Morgan fingerprint density at radius 1 is 1.16 bits per heavy atom. The van der Waals surface area contributed by atoms with Crippen LogP contribution in [-0.2, 0) is 49.3 Å². The van der Waals surface area contributed by atoms with Crippen LogP contribution in [0.1, 0.15) is 43.6 Å². The van der Waals surface area contributed by atoms with E-state index in [-0.39, 0.29) is 7.88 Å². The number of alkyl halides is 1. The van der Waals surface area contributed by atoms with Crippen molar-refractivity contribution in [3.63, 3.8) is 0 Å². The molecule has 10 heteroatoms. The molecule has 0 unspecified atom stereocenters. The molecule has 1 saturated heterocycles. The standard InChI is InChI=1S/C21H26FN5O3S.2H2/c1-26-16(12-27-10-15(22)11-27)9-19(24-26)31(29,30)25-21(28)23-20-17-6-2-4-13(17)8-14-5-3-7-18(14)20;;/h8-9,15H,2-7,10-12H2,1H3,(H2,23,25,28);2*1H. The first-order valence-electron chi connectivity index (χ1n) is 10.7. The van der Waals surface area contributed by atoms with E-state index in [0.717, 1.165) is 55.3 Å². The summed E-state index contributed by atoms with van der Waals surface area (Å²) in [5, 5.41) is 6.66. The minimum Gasteiger partial charge on any atom is -0.307 e. The van der Waals surface area contributed by atoms with E-state index in [0.29, 0.717) is 25.3 Å². The number of carbonyl (C=O) groups excluding carboxylic acids is 1. The first-order valence-corrected chi connectivity index (χ1v) is 12.2. The zero-order valence-corrected chi connectivity index (χ0v) is 18.3. The third-order valence-corrected chi connectivity index (χ3v) is 7.67. The number of anilines is 1. The lowest BCUT2D eigenvalue weighted by Crippen LogP contribution is -2.47. The van der Waals surface area contributed by atoms with Gasteiger partial charge in [0.25, 0.3) is 10.0 Å². The summed E-state index contributed by atoms with van der Waals surface area (Å²) in [5.41, 5.74) is 6.22. The highest BCUT2D eigenvalue weighted by molar-refractivity contribution is 7.90. The average molecular weight is 452 g/mol. The summed E-state index contributed by atoms with van der Waals surface area (Å²) in [5.74, 6) is 0. The maximum Gasteiger partial charge on any atom is 0.333 e. The SMILES string of the molecule is Cn1nc(S(=O)(=O)NC(=O)Nc2c3c(cc4c2CCC4)CCC3)cc1CN1CC(F)C1.[HH].[HH]. The van der Waals surface area contributed by atoms with Gasteiger partial charge in [0.1, 0.15) is 6.17 Å². The summed E-state index contributed by atoms with van der Waals surface area (Å²) >= 11 is 0. The number of hydrogen-bond acceptors (Lipinski definition) is 5. The maximum absolute atomic E-state index is 13.0. The van der Waals surface area contributed by atoms with Crippen LogP contribution in [0, 0.1) is 0 Å². The van der Waals surface area contributed by atoms with E-state index in [4.69, 9.17) is 0 Å². The molecule has 0 radical (unpaired) electrons. The molecule has 0 spiro atoms. The Balaban J connectivity index is 0.00000153. The lowest BCUT2D eigenvalue weighted by Gasteiger charge is -2.33. The Labute approximate surface area is 183 Å². The molecule has 170 valence electrons. The van der Waals surface area contributed by atoms with Gasteiger partial charge in [0.2, 0.25) is 0 Å². The normalized spacial score (nSPS) is 18.5. The Morgan fingerprint density at radius 3 is 2.42 bits per heavy atom. The van der Waals surface area contributed by atoms with E-state index < -0.39 is 22.2 Å². The smallest absolute Gasteiger partial charge is 0.307 e. The van der Waals surface area contributed by atoms with Gasteiger partial charge in [-0.2, -0.15) is 13.5 Å². The van der Waals surface area contributed by atoms with Crippen molar-refractivity contribution in [2.24, 2.45) is 7.05 Å². The molecule has 0 saturated carbocycles. The van der Waals surface area contributed by atoms with Gasteiger partial charge in [0.15, 0.2) is 5.03 Å². The van der Waals surface area contributed by atoms with E-state index in [1.165, 1.54) is 21.9 Å². The van der Waals surface area contributed by atoms with Crippen LogP contribution in [0.2, 0.25) is 0 Å². The van der Waals surface area contributed by atoms with Gasteiger partial charge < -0.3 is 5.32 Å². The van der Waals surface area contributed by atoms with Crippen LogP contribution in [0.5, 0.6) is 0 Å². The molecule has 8 nitrogen and oxygen atoms in total. The number of aryl methyl sites for hydroxylation is 3. The van der Waals surface area contributed by atoms with Crippen molar-refractivity contribution in [1.82, 2.24) is 19.4 Å². The van der Waals surface area contributed by atoms with Crippen molar-refractivity contribution in [2.45, 2.75) is 56.3 Å². The third-order valence-electron chi connectivity index (χ3n) is 6.47. The Bertz CT molecular complexity index is 1130. The van der Waals surface area contributed by atoms with Gasteiger partial charge in [0.05, 0.1) is 5.69 Å². The number of nitrogens with zero attached hydrogens (tertiary/aromatic N) is 3. The number of likely N-dealkylation sites (tertiary alicyclic amines) is 1. The van der Waals surface area contributed by atoms with E-state index in [9.17, 15) is 17.6 Å². The largest absolute Gasteiger partial charge is 0.333 e. The summed E-state index contributed by atoms with van der Waals surface area (Å²) in [7, 11) is -2.49. The molecule has 2 N–H and O–H groups in total. The van der Waals surface area contributed by atoms with Crippen LogP contribution in [0.25, 0.3) is 0 Å². The predicted molar refractivity (Wildman–Crippen MR) is 117 cm³/mol. The van der Waals surface area contributed by atoms with Crippen molar-refractivity contribution in [1.29, 1.82) is 0 Å². The van der Waals surface area contributed by atoms with Crippen molar-refractivity contribution in [3.05, 3.63) is 40.1 Å². The monoisotopic (exact) mass is 451 g/mol. The number of fused-ring (bicyclic) bond motifs is 2. The second-order valence-electron chi connectivity index (χ2n) is 8.68. The number of aromatic nitrogens is 2. The molecule has 1 aliphatic heterocycles. The number of carbonyl (C=O) groups is 1. The fourth-order valence-corrected chi connectivity index (χ4v) is 5.82. The van der Waals surface area contributed by atoms with Crippen molar-refractivity contribution < 1.29 is 20.5 Å². The highest BCUT2D eigenvalue weighted by Gasteiger charge is 2.29. The molecule has 31 heavy (non-hydrogen) atoms. The number of benzene rings is 1. The second-order valence-corrected chi connectivity index (χ2v) is 10.3. The molecule has 2 heterocycles. The Kier molecular flexibility index (Phi) is 5.01. The fourth-order valence-electron chi connectivity index (χ4n) is 4.90. The molecule has 1 aromatic heterocycles. The topological polar surface area (TPSA) is 96.3 Å².